The van der Waals surface area contributed by atoms with Crippen molar-refractivity contribution in [1.82, 2.24) is 9.88 Å². The van der Waals surface area contributed by atoms with Gasteiger partial charge in [-0.3, -0.25) is 9.59 Å². The van der Waals surface area contributed by atoms with E-state index >= 15 is 0 Å². The van der Waals surface area contributed by atoms with E-state index in [9.17, 15) is 19.5 Å². The van der Waals surface area contributed by atoms with Crippen molar-refractivity contribution in [2.45, 2.75) is 32.6 Å². The fraction of sp³-hybridized carbons (Fsp3) is 0.303. The molecule has 0 bridgehead atoms. The second-order valence-corrected chi connectivity index (χ2v) is 9.45. The zero-order valence-corrected chi connectivity index (χ0v) is 23.8. The van der Waals surface area contributed by atoms with E-state index in [2.05, 4.69) is 29.2 Å². The molecule has 0 radical (unpaired) electrons. The molecule has 0 aliphatic heterocycles. The van der Waals surface area contributed by atoms with Crippen LogP contribution in [0.5, 0.6) is 5.75 Å². The summed E-state index contributed by atoms with van der Waals surface area (Å²) >= 11 is 0. The summed E-state index contributed by atoms with van der Waals surface area (Å²) in [7, 11) is 1.56. The highest BCUT2D eigenvalue weighted by molar-refractivity contribution is 5.96. The van der Waals surface area contributed by atoms with Crippen molar-refractivity contribution < 1.29 is 24.2 Å². The van der Waals surface area contributed by atoms with E-state index in [1.807, 2.05) is 68.5 Å². The zero-order chi connectivity index (χ0) is 29.6. The fourth-order valence-corrected chi connectivity index (χ4v) is 4.48. The number of rotatable bonds is 15. The zero-order valence-electron chi connectivity index (χ0n) is 23.8. The number of ether oxygens (including phenoxy) is 2. The van der Waals surface area contributed by atoms with Gasteiger partial charge in [-0.15, -0.1) is 0 Å². The van der Waals surface area contributed by atoms with E-state index in [0.717, 1.165) is 29.3 Å². The molecular formula is C33H38N2O6. The van der Waals surface area contributed by atoms with E-state index < -0.39 is 22.9 Å². The van der Waals surface area contributed by atoms with Crippen LogP contribution in [-0.2, 0) is 4.74 Å². The lowest BCUT2D eigenvalue weighted by Gasteiger charge is -2.26. The molecule has 0 aliphatic carbocycles. The number of hydrogen-bond donors (Lipinski definition) is 2. The Bertz CT molecular complexity index is 1360. The van der Waals surface area contributed by atoms with Crippen LogP contribution < -0.4 is 10.2 Å². The average molecular weight is 559 g/mol. The highest BCUT2D eigenvalue weighted by Crippen LogP contribution is 2.28. The van der Waals surface area contributed by atoms with Gasteiger partial charge in [0, 0.05) is 32.3 Å². The van der Waals surface area contributed by atoms with Crippen LogP contribution in [0.4, 0.5) is 0 Å². The molecule has 8 nitrogen and oxygen atoms in total. The Balaban J connectivity index is 1.95. The van der Waals surface area contributed by atoms with Crippen molar-refractivity contribution in [3.8, 4) is 5.75 Å². The van der Waals surface area contributed by atoms with Crippen LogP contribution >= 0.6 is 0 Å². The topological polar surface area (TPSA) is 109 Å². The van der Waals surface area contributed by atoms with Gasteiger partial charge in [0.25, 0.3) is 5.91 Å². The first-order valence-corrected chi connectivity index (χ1v) is 13.7. The number of aromatic carboxylic acids is 1. The molecule has 2 aromatic carbocycles. The molecule has 0 spiro atoms. The van der Waals surface area contributed by atoms with Gasteiger partial charge in [-0.25, -0.2) is 4.79 Å². The van der Waals surface area contributed by atoms with Gasteiger partial charge in [-0.1, -0.05) is 85.8 Å². The Morgan fingerprint density at radius 1 is 1.02 bits per heavy atom. The van der Waals surface area contributed by atoms with Gasteiger partial charge in [0.1, 0.15) is 12.2 Å². The molecule has 0 aliphatic rings. The van der Waals surface area contributed by atoms with Gasteiger partial charge in [-0.05, 0) is 36.5 Å². The Morgan fingerprint density at radius 3 is 2.20 bits per heavy atom. The molecule has 3 aromatic rings. The average Bonchev–Trinajstić information content (AvgIpc) is 3.00. The minimum atomic E-state index is -1.41. The van der Waals surface area contributed by atoms with E-state index in [-0.39, 0.29) is 37.1 Å². The largest absolute Gasteiger partial charge is 0.483 e. The number of carbonyl (C=O) groups is 2. The molecule has 0 atom stereocenters. The third-order valence-electron chi connectivity index (χ3n) is 6.75. The predicted molar refractivity (Wildman–Crippen MR) is 160 cm³/mol. The number of carboxylic acid groups (broad SMARTS) is 1. The number of nitrogens with one attached hydrogen (secondary N) is 1. The summed E-state index contributed by atoms with van der Waals surface area (Å²) in [4.78, 5) is 43.1. The lowest BCUT2D eigenvalue weighted by Crippen LogP contribution is -2.37. The van der Waals surface area contributed by atoms with Crippen LogP contribution in [0.2, 0.25) is 0 Å². The first kappa shape index (κ1) is 31.1. The molecular weight excluding hydrogens is 520 g/mol. The highest BCUT2D eigenvalue weighted by Gasteiger charge is 2.27. The molecule has 0 fully saturated rings. The maximum Gasteiger partial charge on any atom is 0.341 e. The Kier molecular flexibility index (Phi) is 12.1. The third kappa shape index (κ3) is 8.53. The standard InChI is InChI=1S/C33H38N2O6/c1-4-6-13-24(5-2)23-41-31-29(34-22-28(30(31)36)33(38)39)32(37)35(20-21-40-3)19-18-27(25-14-9-7-10-15-25)26-16-11-8-12-17-26/h5-17,22,27H,4,18-21,23H2,1-3H3,(H,34,36)(H,38,39)/b13-6-,24-5+. The molecule has 0 saturated carbocycles. The molecule has 8 heteroatoms. The van der Waals surface area contributed by atoms with Crippen LogP contribution in [0.15, 0.2) is 95.5 Å². The van der Waals surface area contributed by atoms with Crippen molar-refractivity contribution >= 4 is 11.9 Å². The number of carboxylic acids is 1. The van der Waals surface area contributed by atoms with E-state index in [0.29, 0.717) is 13.0 Å². The summed E-state index contributed by atoms with van der Waals surface area (Å²) in [5.41, 5.74) is 1.59. The van der Waals surface area contributed by atoms with Crippen LogP contribution in [-0.4, -0.2) is 60.3 Å². The van der Waals surface area contributed by atoms with E-state index in [4.69, 9.17) is 9.47 Å². The number of carbonyl (C=O) groups excluding carboxylic acids is 1. The van der Waals surface area contributed by atoms with Gasteiger partial charge in [0.05, 0.1) is 6.61 Å². The molecule has 216 valence electrons. The Hall–Kier alpha value is -4.43. The molecule has 0 saturated heterocycles. The van der Waals surface area contributed by atoms with Gasteiger partial charge in [-0.2, -0.15) is 0 Å². The van der Waals surface area contributed by atoms with Crippen molar-refractivity contribution in [2.75, 3.05) is 33.4 Å². The second kappa shape index (κ2) is 16.0. The number of H-pyrrole nitrogens is 1. The van der Waals surface area contributed by atoms with Gasteiger partial charge >= 0.3 is 5.97 Å². The minimum Gasteiger partial charge on any atom is -0.483 e. The lowest BCUT2D eigenvalue weighted by molar-refractivity contribution is 0.0670. The number of pyridine rings is 1. The molecule has 3 rings (SSSR count). The Labute approximate surface area is 240 Å². The van der Waals surface area contributed by atoms with E-state index in [1.54, 1.807) is 12.0 Å². The van der Waals surface area contributed by atoms with Gasteiger partial charge in [0.15, 0.2) is 11.4 Å². The number of amides is 1. The first-order chi connectivity index (χ1) is 19.9. The summed E-state index contributed by atoms with van der Waals surface area (Å²) in [5, 5.41) is 9.54. The summed E-state index contributed by atoms with van der Waals surface area (Å²) in [6.07, 6.45) is 8.13. The fourth-order valence-electron chi connectivity index (χ4n) is 4.48. The molecule has 41 heavy (non-hydrogen) atoms. The molecule has 2 N–H and O–H groups in total. The molecule has 1 aromatic heterocycles. The van der Waals surface area contributed by atoms with Crippen LogP contribution in [0.3, 0.4) is 0 Å². The Morgan fingerprint density at radius 2 is 1.66 bits per heavy atom. The summed E-state index contributed by atoms with van der Waals surface area (Å²) in [5.74, 6) is -2.17. The van der Waals surface area contributed by atoms with Gasteiger partial charge < -0.3 is 24.5 Å². The molecule has 1 amide bonds. The minimum absolute atomic E-state index is 0.00158. The monoisotopic (exact) mass is 558 g/mol. The quantitative estimate of drug-likeness (QED) is 0.233. The van der Waals surface area contributed by atoms with Crippen LogP contribution in [0.1, 0.15) is 64.6 Å². The number of benzene rings is 2. The smallest absolute Gasteiger partial charge is 0.341 e. The molecule has 1 heterocycles. The number of nitrogens with zero attached hydrogens (tertiary/aromatic N) is 1. The van der Waals surface area contributed by atoms with Crippen molar-refractivity contribution in [1.29, 1.82) is 0 Å². The van der Waals surface area contributed by atoms with E-state index in [1.165, 1.54) is 0 Å². The van der Waals surface area contributed by atoms with Crippen LogP contribution in [0, 0.1) is 0 Å². The number of hydrogen-bond acceptors (Lipinski definition) is 5. The maximum atomic E-state index is 13.9. The van der Waals surface area contributed by atoms with Crippen molar-refractivity contribution in [3.05, 3.63) is 123 Å². The first-order valence-electron chi connectivity index (χ1n) is 13.7. The highest BCUT2D eigenvalue weighted by atomic mass is 16.5. The van der Waals surface area contributed by atoms with Crippen LogP contribution in [0.25, 0.3) is 0 Å². The number of aromatic amines is 1. The SMILES string of the molecule is C/C=C(\C=C/CC)COc1c(C(=O)N(CCOC)CCC(c2ccccc2)c2ccccc2)[nH]cc(C(=O)O)c1=O. The number of allylic oxidation sites excluding steroid dienone is 2. The number of aromatic nitrogens is 1. The summed E-state index contributed by atoms with van der Waals surface area (Å²) in [6, 6.07) is 20.2. The summed E-state index contributed by atoms with van der Waals surface area (Å²) in [6.45, 7) is 4.75. The van der Waals surface area contributed by atoms with Crippen molar-refractivity contribution in [3.63, 3.8) is 0 Å². The number of methoxy groups -OCH3 is 1. The maximum absolute atomic E-state index is 13.9. The lowest BCUT2D eigenvalue weighted by atomic mass is 9.88. The normalized spacial score (nSPS) is 11.7. The van der Waals surface area contributed by atoms with Crippen molar-refractivity contribution in [2.24, 2.45) is 0 Å². The molecule has 0 unspecified atom stereocenters. The second-order valence-electron chi connectivity index (χ2n) is 9.45. The summed E-state index contributed by atoms with van der Waals surface area (Å²) < 4.78 is 11.1. The third-order valence-corrected chi connectivity index (χ3v) is 6.75. The van der Waals surface area contributed by atoms with Gasteiger partial charge in [0.2, 0.25) is 5.43 Å². The predicted octanol–water partition coefficient (Wildman–Crippen LogP) is 5.68.